The van der Waals surface area contributed by atoms with Crippen LogP contribution >= 0.6 is 0 Å². The minimum absolute atomic E-state index is 0.0918. The molecule has 4 aromatic rings. The first-order chi connectivity index (χ1) is 21.2. The highest BCUT2D eigenvalue weighted by Crippen LogP contribution is 2.32. The lowest BCUT2D eigenvalue weighted by molar-refractivity contribution is -0.132. The number of nitrogens with zero attached hydrogens (tertiary/aromatic N) is 2. The van der Waals surface area contributed by atoms with E-state index in [0.29, 0.717) is 39.1 Å². The first-order valence-corrected chi connectivity index (χ1v) is 15.4. The Kier molecular flexibility index (Phi) is 11.6. The van der Waals surface area contributed by atoms with Crippen molar-refractivity contribution in [2.75, 3.05) is 38.7 Å². The summed E-state index contributed by atoms with van der Waals surface area (Å²) in [4.78, 5) is 34.5. The molecule has 0 saturated heterocycles. The number of hydrogen-bond acceptors (Lipinski definition) is 3. The van der Waals surface area contributed by atoms with Crippen LogP contribution in [0.15, 0.2) is 72.9 Å². The van der Waals surface area contributed by atoms with Gasteiger partial charge in [-0.3, -0.25) is 4.79 Å². The molecule has 8 heteroatoms. The van der Waals surface area contributed by atoms with E-state index in [0.717, 1.165) is 38.8 Å². The van der Waals surface area contributed by atoms with Gasteiger partial charge in [-0.05, 0) is 65.1 Å². The van der Waals surface area contributed by atoms with E-state index in [2.05, 4.69) is 44.1 Å². The number of hydrogen-bond donors (Lipinski definition) is 2. The SMILES string of the molecule is COCCCN(CC(=O)N(CCc1c[nH]c2ccccc12)Cc1ccc(F)cc1)C(=O)Nc1c(C(C)C)cccc1C(C)C. The highest BCUT2D eigenvalue weighted by atomic mass is 19.1. The lowest BCUT2D eigenvalue weighted by atomic mass is 9.93. The molecule has 0 aliphatic heterocycles. The summed E-state index contributed by atoms with van der Waals surface area (Å²) in [6.07, 6.45) is 3.20. The van der Waals surface area contributed by atoms with Crippen molar-refractivity contribution in [3.8, 4) is 0 Å². The molecule has 0 aliphatic carbocycles. The van der Waals surface area contributed by atoms with E-state index in [1.54, 1.807) is 29.0 Å². The van der Waals surface area contributed by atoms with E-state index in [1.807, 2.05) is 42.6 Å². The highest BCUT2D eigenvalue weighted by Gasteiger charge is 2.24. The predicted octanol–water partition coefficient (Wildman–Crippen LogP) is 7.70. The van der Waals surface area contributed by atoms with Crippen LogP contribution in [0.4, 0.5) is 14.9 Å². The highest BCUT2D eigenvalue weighted by molar-refractivity contribution is 5.94. The minimum Gasteiger partial charge on any atom is -0.385 e. The van der Waals surface area contributed by atoms with Gasteiger partial charge in [0.1, 0.15) is 12.4 Å². The number of aromatic nitrogens is 1. The molecule has 0 fully saturated rings. The molecule has 2 N–H and O–H groups in total. The Balaban J connectivity index is 1.57. The summed E-state index contributed by atoms with van der Waals surface area (Å²) in [6.45, 7) is 9.92. The van der Waals surface area contributed by atoms with Crippen LogP contribution in [0.3, 0.4) is 0 Å². The standard InChI is InChI=1S/C36H45FN4O3/c1-25(2)30-11-8-12-31(26(3)4)35(30)39-36(43)41(19-9-21-44-5)24-34(42)40(23-27-14-16-29(37)17-15-27)20-18-28-22-38-33-13-7-6-10-32(28)33/h6-8,10-17,22,25-26,38H,9,18-21,23-24H2,1-5H3,(H,39,43). The lowest BCUT2D eigenvalue weighted by Gasteiger charge is -2.29. The molecule has 1 aromatic heterocycles. The van der Waals surface area contributed by atoms with Gasteiger partial charge in [0.05, 0.1) is 0 Å². The van der Waals surface area contributed by atoms with Crippen molar-refractivity contribution in [1.82, 2.24) is 14.8 Å². The molecule has 0 spiro atoms. The third kappa shape index (κ3) is 8.47. The van der Waals surface area contributed by atoms with E-state index in [4.69, 9.17) is 4.74 Å². The summed E-state index contributed by atoms with van der Waals surface area (Å²) in [5.74, 6) is -0.0802. The fourth-order valence-corrected chi connectivity index (χ4v) is 5.49. The number of rotatable bonds is 14. The van der Waals surface area contributed by atoms with E-state index >= 15 is 0 Å². The van der Waals surface area contributed by atoms with Gasteiger partial charge in [0.15, 0.2) is 0 Å². The van der Waals surface area contributed by atoms with Crippen LogP contribution in [-0.4, -0.2) is 60.1 Å². The monoisotopic (exact) mass is 600 g/mol. The zero-order valence-corrected chi connectivity index (χ0v) is 26.5. The van der Waals surface area contributed by atoms with Gasteiger partial charge in [0, 0.05) is 56.1 Å². The largest absolute Gasteiger partial charge is 0.385 e. The van der Waals surface area contributed by atoms with Crippen molar-refractivity contribution in [3.05, 3.63) is 101 Å². The molecule has 234 valence electrons. The number of carbonyl (C=O) groups is 2. The topological polar surface area (TPSA) is 77.7 Å². The Morgan fingerprint density at radius 1 is 0.886 bits per heavy atom. The van der Waals surface area contributed by atoms with Gasteiger partial charge in [0.2, 0.25) is 5.91 Å². The molecule has 3 aromatic carbocycles. The quantitative estimate of drug-likeness (QED) is 0.146. The van der Waals surface area contributed by atoms with Crippen LogP contribution in [0.2, 0.25) is 0 Å². The average molecular weight is 601 g/mol. The van der Waals surface area contributed by atoms with E-state index in [-0.39, 0.29) is 36.1 Å². The molecule has 4 rings (SSSR count). The van der Waals surface area contributed by atoms with Crippen LogP contribution < -0.4 is 5.32 Å². The Morgan fingerprint density at radius 3 is 2.23 bits per heavy atom. The molecular formula is C36H45FN4O3. The Morgan fingerprint density at radius 2 is 1.57 bits per heavy atom. The number of para-hydroxylation sites is 2. The molecule has 0 unspecified atom stereocenters. The normalized spacial score (nSPS) is 11.4. The summed E-state index contributed by atoms with van der Waals surface area (Å²) >= 11 is 0. The van der Waals surface area contributed by atoms with Gasteiger partial charge in [-0.15, -0.1) is 0 Å². The number of halogens is 1. The van der Waals surface area contributed by atoms with Crippen molar-refractivity contribution < 1.29 is 18.7 Å². The number of carbonyl (C=O) groups excluding carboxylic acids is 2. The second kappa shape index (κ2) is 15.5. The number of fused-ring (bicyclic) bond motifs is 1. The molecule has 3 amide bonds. The van der Waals surface area contributed by atoms with Crippen LogP contribution in [0.5, 0.6) is 0 Å². The van der Waals surface area contributed by atoms with Crippen molar-refractivity contribution in [3.63, 3.8) is 0 Å². The molecule has 7 nitrogen and oxygen atoms in total. The summed E-state index contributed by atoms with van der Waals surface area (Å²) in [5.41, 5.74) is 5.91. The number of urea groups is 1. The number of anilines is 1. The number of methoxy groups -OCH3 is 1. The van der Waals surface area contributed by atoms with Gasteiger partial charge in [-0.1, -0.05) is 76.2 Å². The summed E-state index contributed by atoms with van der Waals surface area (Å²) < 4.78 is 18.9. The van der Waals surface area contributed by atoms with E-state index in [9.17, 15) is 14.0 Å². The van der Waals surface area contributed by atoms with E-state index in [1.165, 1.54) is 12.1 Å². The molecule has 44 heavy (non-hydrogen) atoms. The predicted molar refractivity (Wildman–Crippen MR) is 176 cm³/mol. The lowest BCUT2D eigenvalue weighted by Crippen LogP contribution is -2.45. The van der Waals surface area contributed by atoms with Crippen LogP contribution in [-0.2, 0) is 22.5 Å². The van der Waals surface area contributed by atoms with Gasteiger partial charge >= 0.3 is 6.03 Å². The number of aromatic amines is 1. The van der Waals surface area contributed by atoms with Crippen molar-refractivity contribution >= 4 is 28.5 Å². The van der Waals surface area contributed by atoms with Crippen LogP contribution in [0, 0.1) is 5.82 Å². The van der Waals surface area contributed by atoms with Crippen molar-refractivity contribution in [2.24, 2.45) is 0 Å². The second-order valence-electron chi connectivity index (χ2n) is 11.9. The Hall–Kier alpha value is -4.17. The van der Waals surface area contributed by atoms with Crippen molar-refractivity contribution in [1.29, 1.82) is 0 Å². The fraction of sp³-hybridized carbons (Fsp3) is 0.389. The second-order valence-corrected chi connectivity index (χ2v) is 11.9. The number of amides is 3. The molecule has 0 atom stereocenters. The average Bonchev–Trinajstić information content (AvgIpc) is 3.42. The molecule has 0 saturated carbocycles. The Labute approximate surface area is 260 Å². The maximum atomic E-state index is 14.0. The van der Waals surface area contributed by atoms with E-state index < -0.39 is 0 Å². The number of H-pyrrole nitrogens is 1. The summed E-state index contributed by atoms with van der Waals surface area (Å²) in [7, 11) is 1.62. The van der Waals surface area contributed by atoms with Gasteiger partial charge < -0.3 is 24.8 Å². The van der Waals surface area contributed by atoms with Crippen molar-refractivity contribution in [2.45, 2.75) is 58.9 Å². The molecule has 1 heterocycles. The Bertz CT molecular complexity index is 1500. The number of nitrogens with one attached hydrogen (secondary N) is 2. The summed E-state index contributed by atoms with van der Waals surface area (Å²) in [5, 5.41) is 4.29. The molecule has 0 aliphatic rings. The first-order valence-electron chi connectivity index (χ1n) is 15.4. The maximum Gasteiger partial charge on any atom is 0.322 e. The van der Waals surface area contributed by atoms with Gasteiger partial charge in [-0.2, -0.15) is 0 Å². The summed E-state index contributed by atoms with van der Waals surface area (Å²) in [6, 6.07) is 20.1. The fourth-order valence-electron chi connectivity index (χ4n) is 5.49. The third-order valence-corrected chi connectivity index (χ3v) is 7.96. The minimum atomic E-state index is -0.325. The van der Waals surface area contributed by atoms with Gasteiger partial charge in [-0.25, -0.2) is 9.18 Å². The molecular weight excluding hydrogens is 555 g/mol. The molecule has 0 bridgehead atoms. The first kappa shape index (κ1) is 32.7. The number of benzene rings is 3. The number of ether oxygens (including phenoxy) is 1. The smallest absolute Gasteiger partial charge is 0.322 e. The zero-order chi connectivity index (χ0) is 31.6. The zero-order valence-electron chi connectivity index (χ0n) is 26.5. The maximum absolute atomic E-state index is 14.0. The van der Waals surface area contributed by atoms with Crippen LogP contribution in [0.1, 0.15) is 68.2 Å². The van der Waals surface area contributed by atoms with Crippen LogP contribution in [0.25, 0.3) is 10.9 Å². The van der Waals surface area contributed by atoms with Gasteiger partial charge in [0.25, 0.3) is 0 Å². The molecule has 0 radical (unpaired) electrons. The third-order valence-electron chi connectivity index (χ3n) is 7.96.